The molecule has 0 spiro atoms. The molecule has 0 saturated carbocycles. The molecule has 0 bridgehead atoms. The van der Waals surface area contributed by atoms with Gasteiger partial charge in [0.05, 0.1) is 37.1 Å². The van der Waals surface area contributed by atoms with Gasteiger partial charge >= 0.3 is 0 Å². The van der Waals surface area contributed by atoms with E-state index in [2.05, 4.69) is 34.1 Å². The minimum Gasteiger partial charge on any atom is -0.497 e. The Labute approximate surface area is 214 Å². The standard InChI is InChI=1S/C26H29FN6O4/c1-4-22(34)32-10-7-17(15-32)33-24-20(26(35)29-9-8-27)14-30-25(28)23(24)21(31-33)6-5-16-11-18(36-2)13-19(12-16)37-3/h4,11-14,17,21,31H,1,7-10,15H2,2-3H3,(H2,28,30)(H,29,35)/t17?,21-/m0/s1. The summed E-state index contributed by atoms with van der Waals surface area (Å²) in [5.74, 6) is 7.07. The molecule has 0 aliphatic carbocycles. The second-order valence-electron chi connectivity index (χ2n) is 8.50. The van der Waals surface area contributed by atoms with Crippen LogP contribution < -0.4 is 31.0 Å². The van der Waals surface area contributed by atoms with Crippen molar-refractivity contribution < 1.29 is 23.5 Å². The first kappa shape index (κ1) is 25.8. The number of benzene rings is 1. The molecule has 3 heterocycles. The van der Waals surface area contributed by atoms with Crippen LogP contribution in [0.25, 0.3) is 0 Å². The van der Waals surface area contributed by atoms with Crippen LogP contribution in [0.4, 0.5) is 15.9 Å². The van der Waals surface area contributed by atoms with E-state index in [1.165, 1.54) is 12.3 Å². The van der Waals surface area contributed by atoms with Crippen molar-refractivity contribution in [3.8, 4) is 23.3 Å². The third-order valence-electron chi connectivity index (χ3n) is 6.27. The second-order valence-corrected chi connectivity index (χ2v) is 8.50. The lowest BCUT2D eigenvalue weighted by Crippen LogP contribution is -2.45. The molecule has 1 aromatic carbocycles. The lowest BCUT2D eigenvalue weighted by Gasteiger charge is -2.28. The summed E-state index contributed by atoms with van der Waals surface area (Å²) in [6, 6.07) is 4.54. The number of nitrogens with zero attached hydrogens (tertiary/aromatic N) is 3. The zero-order chi connectivity index (χ0) is 26.5. The number of fused-ring (bicyclic) bond motifs is 1. The van der Waals surface area contributed by atoms with Gasteiger partial charge in [0.2, 0.25) is 5.91 Å². The SMILES string of the molecule is C=CC(=O)N1CCC(N2N[C@@H](C#Cc3cc(OC)cc(OC)c3)c3c(N)ncc(C(=O)NCCF)c32)C1. The van der Waals surface area contributed by atoms with E-state index in [4.69, 9.17) is 15.2 Å². The third-order valence-corrected chi connectivity index (χ3v) is 6.27. The zero-order valence-electron chi connectivity index (χ0n) is 20.7. The number of methoxy groups -OCH3 is 2. The Morgan fingerprint density at radius 2 is 2.05 bits per heavy atom. The molecule has 1 aromatic heterocycles. The number of anilines is 2. The van der Waals surface area contributed by atoms with Crippen molar-refractivity contribution in [2.24, 2.45) is 0 Å². The maximum atomic E-state index is 12.9. The van der Waals surface area contributed by atoms with Crippen molar-refractivity contribution in [1.82, 2.24) is 20.6 Å². The molecule has 37 heavy (non-hydrogen) atoms. The highest BCUT2D eigenvalue weighted by molar-refractivity contribution is 6.01. The number of aromatic nitrogens is 1. The summed E-state index contributed by atoms with van der Waals surface area (Å²) in [5.41, 5.74) is 11.6. The maximum absolute atomic E-state index is 12.9. The number of likely N-dealkylation sites (tertiary alicyclic amines) is 1. The largest absolute Gasteiger partial charge is 0.497 e. The van der Waals surface area contributed by atoms with Crippen LogP contribution in [0.5, 0.6) is 11.5 Å². The first-order chi connectivity index (χ1) is 17.9. The summed E-state index contributed by atoms with van der Waals surface area (Å²) >= 11 is 0. The summed E-state index contributed by atoms with van der Waals surface area (Å²) in [5, 5.41) is 4.39. The highest BCUT2D eigenvalue weighted by Crippen LogP contribution is 2.41. The lowest BCUT2D eigenvalue weighted by atomic mass is 10.0. The molecule has 1 saturated heterocycles. The first-order valence-electron chi connectivity index (χ1n) is 11.7. The van der Waals surface area contributed by atoms with Crippen molar-refractivity contribution in [1.29, 1.82) is 0 Å². The van der Waals surface area contributed by atoms with Crippen molar-refractivity contribution in [2.45, 2.75) is 18.5 Å². The number of hydrazine groups is 1. The summed E-state index contributed by atoms with van der Waals surface area (Å²) in [6.07, 6.45) is 3.30. The zero-order valence-corrected chi connectivity index (χ0v) is 20.7. The Morgan fingerprint density at radius 3 is 2.70 bits per heavy atom. The molecule has 4 N–H and O–H groups in total. The Hall–Kier alpha value is -4.30. The quantitative estimate of drug-likeness (QED) is 0.381. The molecule has 1 unspecified atom stereocenters. The molecular formula is C26H29FN6O4. The van der Waals surface area contributed by atoms with Crippen molar-refractivity contribution in [2.75, 3.05) is 51.3 Å². The van der Waals surface area contributed by atoms with E-state index in [0.29, 0.717) is 47.8 Å². The van der Waals surface area contributed by atoms with Crippen LogP contribution in [0, 0.1) is 11.8 Å². The van der Waals surface area contributed by atoms with Crippen LogP contribution in [0.2, 0.25) is 0 Å². The van der Waals surface area contributed by atoms with Gasteiger partial charge in [-0.1, -0.05) is 18.4 Å². The van der Waals surface area contributed by atoms with Gasteiger partial charge in [-0.3, -0.25) is 9.59 Å². The summed E-state index contributed by atoms with van der Waals surface area (Å²) in [4.78, 5) is 31.0. The van der Waals surface area contributed by atoms with Crippen molar-refractivity contribution in [3.63, 3.8) is 0 Å². The number of ether oxygens (including phenoxy) is 2. The second kappa shape index (κ2) is 11.2. The van der Waals surface area contributed by atoms with Crippen LogP contribution in [-0.4, -0.2) is 68.3 Å². The fraction of sp³-hybridized carbons (Fsp3) is 0.346. The Bertz CT molecular complexity index is 1250. The van der Waals surface area contributed by atoms with Crippen LogP contribution in [-0.2, 0) is 4.79 Å². The predicted octanol–water partition coefficient (Wildman–Crippen LogP) is 1.58. The minimum absolute atomic E-state index is 0.128. The number of carbonyl (C=O) groups excluding carboxylic acids is 2. The van der Waals surface area contributed by atoms with E-state index in [0.717, 1.165) is 0 Å². The van der Waals surface area contributed by atoms with E-state index in [1.807, 2.05) is 5.01 Å². The van der Waals surface area contributed by atoms with E-state index >= 15 is 0 Å². The smallest absolute Gasteiger partial charge is 0.255 e. The number of nitrogen functional groups attached to an aromatic ring is 1. The van der Waals surface area contributed by atoms with Crippen LogP contribution in [0.15, 0.2) is 37.1 Å². The number of alkyl halides is 1. The molecule has 4 rings (SSSR count). The summed E-state index contributed by atoms with van der Waals surface area (Å²) in [7, 11) is 3.12. The van der Waals surface area contributed by atoms with Gasteiger partial charge in [-0.2, -0.15) is 0 Å². The Balaban J connectivity index is 1.75. The Kier molecular flexibility index (Phi) is 7.79. The number of carbonyl (C=O) groups is 2. The first-order valence-corrected chi connectivity index (χ1v) is 11.7. The minimum atomic E-state index is -0.697. The van der Waals surface area contributed by atoms with Gasteiger partial charge in [-0.25, -0.2) is 14.8 Å². The molecule has 2 atom stereocenters. The van der Waals surface area contributed by atoms with Crippen LogP contribution in [0.1, 0.15) is 33.9 Å². The number of hydrogen-bond donors (Lipinski definition) is 3. The average molecular weight is 509 g/mol. The number of nitrogens with two attached hydrogens (primary N) is 1. The number of halogens is 1. The van der Waals surface area contributed by atoms with Gasteiger partial charge in [-0.15, -0.1) is 0 Å². The highest BCUT2D eigenvalue weighted by atomic mass is 19.1. The fourth-order valence-electron chi connectivity index (χ4n) is 4.48. The number of nitrogens with one attached hydrogen (secondary N) is 2. The van der Waals surface area contributed by atoms with E-state index < -0.39 is 18.6 Å². The molecule has 0 radical (unpaired) electrons. The predicted molar refractivity (Wildman–Crippen MR) is 137 cm³/mol. The molecule has 1 fully saturated rings. The van der Waals surface area contributed by atoms with Crippen molar-refractivity contribution >= 4 is 23.3 Å². The third kappa shape index (κ3) is 5.29. The molecule has 2 aliphatic rings. The van der Waals surface area contributed by atoms with Gasteiger partial charge in [0.1, 0.15) is 30.0 Å². The van der Waals surface area contributed by atoms with Crippen molar-refractivity contribution in [3.05, 3.63) is 53.7 Å². The van der Waals surface area contributed by atoms with E-state index in [9.17, 15) is 14.0 Å². The van der Waals surface area contributed by atoms with Crippen LogP contribution >= 0.6 is 0 Å². The molecule has 2 aromatic rings. The van der Waals surface area contributed by atoms with E-state index in [1.54, 1.807) is 37.3 Å². The molecule has 2 aliphatic heterocycles. The monoisotopic (exact) mass is 508 g/mol. The molecular weight excluding hydrogens is 479 g/mol. The molecule has 2 amide bonds. The van der Waals surface area contributed by atoms with Crippen LogP contribution in [0.3, 0.4) is 0 Å². The topological polar surface area (TPSA) is 122 Å². The lowest BCUT2D eigenvalue weighted by molar-refractivity contribution is -0.125. The van der Waals surface area contributed by atoms with Gasteiger partial charge in [0, 0.05) is 37.5 Å². The number of pyridine rings is 1. The van der Waals surface area contributed by atoms with Gasteiger partial charge in [0.15, 0.2) is 0 Å². The number of hydrogen-bond acceptors (Lipinski definition) is 8. The van der Waals surface area contributed by atoms with Gasteiger partial charge in [0.25, 0.3) is 5.91 Å². The molecule has 10 nitrogen and oxygen atoms in total. The number of rotatable bonds is 7. The van der Waals surface area contributed by atoms with Gasteiger partial charge < -0.3 is 30.4 Å². The summed E-state index contributed by atoms with van der Waals surface area (Å²) in [6.45, 7) is 3.69. The van der Waals surface area contributed by atoms with E-state index in [-0.39, 0.29) is 29.9 Å². The Morgan fingerprint density at radius 1 is 1.32 bits per heavy atom. The average Bonchev–Trinajstić information content (AvgIpc) is 3.56. The highest BCUT2D eigenvalue weighted by Gasteiger charge is 2.40. The summed E-state index contributed by atoms with van der Waals surface area (Å²) < 4.78 is 23.4. The normalized spacial score (nSPS) is 18.0. The fourth-order valence-corrected chi connectivity index (χ4v) is 4.48. The molecule has 194 valence electrons. The van der Waals surface area contributed by atoms with Gasteiger partial charge in [-0.05, 0) is 24.6 Å². The molecule has 11 heteroatoms. The number of amides is 2. The maximum Gasteiger partial charge on any atom is 0.255 e.